The summed E-state index contributed by atoms with van der Waals surface area (Å²) in [5, 5.41) is 0. The van der Waals surface area contributed by atoms with Crippen molar-refractivity contribution in [2.45, 2.75) is 44.3 Å². The third-order valence-electron chi connectivity index (χ3n) is 3.61. The van der Waals surface area contributed by atoms with E-state index in [9.17, 15) is 0 Å². The first kappa shape index (κ1) is 15.6. The average molecular weight is 293 g/mol. The van der Waals surface area contributed by atoms with E-state index in [2.05, 4.69) is 55.5 Å². The van der Waals surface area contributed by atoms with Gasteiger partial charge in [-0.05, 0) is 25.1 Å². The van der Waals surface area contributed by atoms with Gasteiger partial charge >= 0.3 is 0 Å². The predicted octanol–water partition coefficient (Wildman–Crippen LogP) is 3.42. The molecule has 112 valence electrons. The van der Waals surface area contributed by atoms with Crippen LogP contribution in [-0.4, -0.2) is 47.4 Å². The lowest BCUT2D eigenvalue weighted by Crippen LogP contribution is -2.46. The largest absolute Gasteiger partial charge is 0.354 e. The fourth-order valence-electron chi connectivity index (χ4n) is 2.43. The van der Waals surface area contributed by atoms with Crippen molar-refractivity contribution in [2.24, 2.45) is 0 Å². The third kappa shape index (κ3) is 4.13. The second-order valence-electron chi connectivity index (χ2n) is 6.44. The molecular formula is C16H27N3S. The number of piperazine rings is 1. The number of likely N-dealkylation sites (N-methyl/N-ethyl adjacent to an activating group) is 1. The van der Waals surface area contributed by atoms with E-state index >= 15 is 0 Å². The zero-order valence-electron chi connectivity index (χ0n) is 13.4. The van der Waals surface area contributed by atoms with Crippen molar-refractivity contribution in [1.82, 2.24) is 9.88 Å². The summed E-state index contributed by atoms with van der Waals surface area (Å²) < 4.78 is 0.237. The Morgan fingerprint density at radius 3 is 2.35 bits per heavy atom. The van der Waals surface area contributed by atoms with Crippen molar-refractivity contribution in [1.29, 1.82) is 0 Å². The van der Waals surface area contributed by atoms with Crippen LogP contribution in [0.2, 0.25) is 0 Å². The van der Waals surface area contributed by atoms with Gasteiger partial charge in [0, 0.05) is 42.0 Å². The Morgan fingerprint density at radius 2 is 1.85 bits per heavy atom. The van der Waals surface area contributed by atoms with Crippen molar-refractivity contribution in [3.05, 3.63) is 17.8 Å². The van der Waals surface area contributed by atoms with Gasteiger partial charge < -0.3 is 9.80 Å². The number of anilines is 1. The van der Waals surface area contributed by atoms with Gasteiger partial charge in [0.25, 0.3) is 0 Å². The SMILES string of the molecule is CCN1CCN(c2cc(C)c(SC(C)(C)C)cn2)CC1. The van der Waals surface area contributed by atoms with E-state index in [1.54, 1.807) is 0 Å². The van der Waals surface area contributed by atoms with Crippen LogP contribution in [0.15, 0.2) is 17.2 Å². The number of aryl methyl sites for hydroxylation is 1. The lowest BCUT2D eigenvalue weighted by molar-refractivity contribution is 0.270. The molecule has 1 saturated heterocycles. The summed E-state index contributed by atoms with van der Waals surface area (Å²) in [7, 11) is 0. The average Bonchev–Trinajstić information content (AvgIpc) is 2.40. The standard InChI is InChI=1S/C16H27N3S/c1-6-18-7-9-19(10-8-18)15-11-13(2)14(12-17-15)20-16(3,4)5/h11-12H,6-10H2,1-5H3. The maximum absolute atomic E-state index is 4.68. The molecule has 0 atom stereocenters. The number of thioether (sulfide) groups is 1. The van der Waals surface area contributed by atoms with E-state index in [0.717, 1.165) is 38.5 Å². The first-order valence-corrected chi connectivity index (χ1v) is 8.33. The fourth-order valence-corrected chi connectivity index (χ4v) is 3.42. The number of hydrogen-bond donors (Lipinski definition) is 0. The monoisotopic (exact) mass is 293 g/mol. The summed E-state index contributed by atoms with van der Waals surface area (Å²) >= 11 is 1.90. The van der Waals surface area contributed by atoms with E-state index in [0.29, 0.717) is 0 Å². The maximum atomic E-state index is 4.68. The van der Waals surface area contributed by atoms with Gasteiger partial charge in [0.15, 0.2) is 0 Å². The van der Waals surface area contributed by atoms with Gasteiger partial charge in [-0.25, -0.2) is 4.98 Å². The molecule has 1 aliphatic rings. The predicted molar refractivity (Wildman–Crippen MR) is 88.9 cm³/mol. The molecule has 1 aromatic heterocycles. The number of nitrogens with zero attached hydrogens (tertiary/aromatic N) is 3. The molecule has 0 spiro atoms. The zero-order valence-corrected chi connectivity index (χ0v) is 14.3. The second-order valence-corrected chi connectivity index (χ2v) is 8.31. The Labute approximate surface area is 127 Å². The zero-order chi connectivity index (χ0) is 14.8. The molecule has 0 unspecified atom stereocenters. The molecule has 0 aliphatic carbocycles. The highest BCUT2D eigenvalue weighted by Crippen LogP contribution is 2.34. The van der Waals surface area contributed by atoms with Crippen LogP contribution in [0.25, 0.3) is 0 Å². The summed E-state index contributed by atoms with van der Waals surface area (Å²) in [4.78, 5) is 10.9. The summed E-state index contributed by atoms with van der Waals surface area (Å²) in [5.41, 5.74) is 1.34. The minimum absolute atomic E-state index is 0.237. The van der Waals surface area contributed by atoms with Crippen molar-refractivity contribution >= 4 is 17.6 Å². The maximum Gasteiger partial charge on any atom is 0.128 e. The molecule has 2 rings (SSSR count). The molecule has 1 aliphatic heterocycles. The lowest BCUT2D eigenvalue weighted by atomic mass is 10.2. The fraction of sp³-hybridized carbons (Fsp3) is 0.688. The number of aromatic nitrogens is 1. The molecular weight excluding hydrogens is 266 g/mol. The van der Waals surface area contributed by atoms with E-state index in [1.165, 1.54) is 10.5 Å². The summed E-state index contributed by atoms with van der Waals surface area (Å²) in [6.45, 7) is 16.8. The Kier molecular flexibility index (Phi) is 4.97. The summed E-state index contributed by atoms with van der Waals surface area (Å²) in [5.74, 6) is 1.14. The normalized spacial score (nSPS) is 17.6. The Morgan fingerprint density at radius 1 is 1.20 bits per heavy atom. The summed E-state index contributed by atoms with van der Waals surface area (Å²) in [6, 6.07) is 2.25. The smallest absolute Gasteiger partial charge is 0.128 e. The Bertz CT molecular complexity index is 446. The molecule has 20 heavy (non-hydrogen) atoms. The second kappa shape index (κ2) is 6.35. The molecule has 3 nitrogen and oxygen atoms in total. The van der Waals surface area contributed by atoms with Gasteiger partial charge in [-0.2, -0.15) is 0 Å². The van der Waals surface area contributed by atoms with Crippen LogP contribution in [0.3, 0.4) is 0 Å². The van der Waals surface area contributed by atoms with Crippen LogP contribution in [0, 0.1) is 6.92 Å². The minimum atomic E-state index is 0.237. The molecule has 0 radical (unpaired) electrons. The van der Waals surface area contributed by atoms with Crippen molar-refractivity contribution < 1.29 is 0 Å². The van der Waals surface area contributed by atoms with Gasteiger partial charge in [0.1, 0.15) is 5.82 Å². The van der Waals surface area contributed by atoms with E-state index in [4.69, 9.17) is 0 Å². The molecule has 1 fully saturated rings. The van der Waals surface area contributed by atoms with Gasteiger partial charge in [0.2, 0.25) is 0 Å². The van der Waals surface area contributed by atoms with Crippen LogP contribution in [0.1, 0.15) is 33.3 Å². The van der Waals surface area contributed by atoms with E-state index in [1.807, 2.05) is 18.0 Å². The highest BCUT2D eigenvalue weighted by Gasteiger charge is 2.18. The van der Waals surface area contributed by atoms with Gasteiger partial charge in [-0.15, -0.1) is 11.8 Å². The van der Waals surface area contributed by atoms with Gasteiger partial charge in [-0.1, -0.05) is 27.7 Å². The van der Waals surface area contributed by atoms with Crippen molar-refractivity contribution in [3.63, 3.8) is 0 Å². The third-order valence-corrected chi connectivity index (χ3v) is 4.87. The highest BCUT2D eigenvalue weighted by molar-refractivity contribution is 8.00. The molecule has 0 aromatic carbocycles. The van der Waals surface area contributed by atoms with Crippen LogP contribution in [-0.2, 0) is 0 Å². The van der Waals surface area contributed by atoms with Crippen LogP contribution >= 0.6 is 11.8 Å². The molecule has 0 saturated carbocycles. The lowest BCUT2D eigenvalue weighted by Gasteiger charge is -2.35. The molecule has 0 bridgehead atoms. The van der Waals surface area contributed by atoms with E-state index in [-0.39, 0.29) is 4.75 Å². The molecule has 0 amide bonds. The molecule has 2 heterocycles. The van der Waals surface area contributed by atoms with Crippen LogP contribution in [0.4, 0.5) is 5.82 Å². The topological polar surface area (TPSA) is 19.4 Å². The number of hydrogen-bond acceptors (Lipinski definition) is 4. The first-order chi connectivity index (χ1) is 9.39. The molecule has 1 aromatic rings. The van der Waals surface area contributed by atoms with Crippen LogP contribution in [0.5, 0.6) is 0 Å². The minimum Gasteiger partial charge on any atom is -0.354 e. The molecule has 4 heteroatoms. The molecule has 0 N–H and O–H groups in total. The van der Waals surface area contributed by atoms with Crippen molar-refractivity contribution in [3.8, 4) is 0 Å². The highest BCUT2D eigenvalue weighted by atomic mass is 32.2. The van der Waals surface area contributed by atoms with Gasteiger partial charge in [0.05, 0.1) is 0 Å². The first-order valence-electron chi connectivity index (χ1n) is 7.52. The van der Waals surface area contributed by atoms with E-state index < -0.39 is 0 Å². The summed E-state index contributed by atoms with van der Waals surface area (Å²) in [6.07, 6.45) is 2.05. The van der Waals surface area contributed by atoms with Crippen molar-refractivity contribution in [2.75, 3.05) is 37.6 Å². The Hall–Kier alpha value is -0.740. The quantitative estimate of drug-likeness (QED) is 0.795. The van der Waals surface area contributed by atoms with Crippen LogP contribution < -0.4 is 4.90 Å². The Balaban J connectivity index is 2.06. The number of pyridine rings is 1. The number of rotatable bonds is 3. The van der Waals surface area contributed by atoms with Gasteiger partial charge in [-0.3, -0.25) is 0 Å².